The van der Waals surface area contributed by atoms with Crippen molar-refractivity contribution in [3.8, 4) is 5.69 Å². The second kappa shape index (κ2) is 4.41. The van der Waals surface area contributed by atoms with Crippen molar-refractivity contribution < 1.29 is 4.79 Å². The molecule has 0 atom stereocenters. The van der Waals surface area contributed by atoms with Gasteiger partial charge in [0.25, 0.3) is 5.56 Å². The quantitative estimate of drug-likeness (QED) is 0.870. The molecular formula is C13H14N2O2. The summed E-state index contributed by atoms with van der Waals surface area (Å²) >= 11 is 0. The van der Waals surface area contributed by atoms with Crippen LogP contribution in [-0.4, -0.2) is 15.6 Å². The molecule has 2 aromatic rings. The van der Waals surface area contributed by atoms with E-state index in [9.17, 15) is 9.59 Å². The van der Waals surface area contributed by atoms with Gasteiger partial charge in [-0.05, 0) is 26.0 Å². The minimum absolute atomic E-state index is 0.0299. The number of carbonyl (C=O) groups is 1. The van der Waals surface area contributed by atoms with Gasteiger partial charge in [0.15, 0.2) is 0 Å². The van der Waals surface area contributed by atoms with Gasteiger partial charge in [0.2, 0.25) is 0 Å². The molecule has 4 nitrogen and oxygen atoms in total. The first-order chi connectivity index (χ1) is 8.06. The number of carbonyl (C=O) groups excluding carboxylic acids is 1. The number of hydrogen-bond acceptors (Lipinski definition) is 2. The maximum Gasteiger partial charge on any atom is 0.271 e. The number of aryl methyl sites for hydroxylation is 1. The average Bonchev–Trinajstić information content (AvgIpc) is 2.59. The van der Waals surface area contributed by atoms with Gasteiger partial charge in [-0.25, -0.2) is 4.68 Å². The highest BCUT2D eigenvalue weighted by molar-refractivity contribution is 5.77. The SMILES string of the molecule is CC(=O)Cc1cc(=O)n(-c2ccc(C)cc2)[nH]1. The van der Waals surface area contributed by atoms with Crippen LogP contribution in [0.5, 0.6) is 0 Å². The summed E-state index contributed by atoms with van der Waals surface area (Å²) in [5.41, 5.74) is 2.40. The zero-order valence-electron chi connectivity index (χ0n) is 9.86. The molecule has 88 valence electrons. The first kappa shape index (κ1) is 11.4. The van der Waals surface area contributed by atoms with Crippen LogP contribution in [0.2, 0.25) is 0 Å². The van der Waals surface area contributed by atoms with Gasteiger partial charge >= 0.3 is 0 Å². The minimum Gasteiger partial charge on any atom is -0.300 e. The van der Waals surface area contributed by atoms with E-state index in [2.05, 4.69) is 5.10 Å². The highest BCUT2D eigenvalue weighted by Crippen LogP contribution is 2.06. The summed E-state index contributed by atoms with van der Waals surface area (Å²) < 4.78 is 1.44. The number of ketones is 1. The standard InChI is InChI=1S/C13H14N2O2/c1-9-3-5-12(6-4-9)15-13(17)8-11(14-15)7-10(2)16/h3-6,8,14H,7H2,1-2H3. The number of H-pyrrole nitrogens is 1. The van der Waals surface area contributed by atoms with Crippen LogP contribution in [0.25, 0.3) is 5.69 Å². The lowest BCUT2D eigenvalue weighted by Crippen LogP contribution is -2.13. The number of nitrogens with zero attached hydrogens (tertiary/aromatic N) is 1. The second-order valence-electron chi connectivity index (χ2n) is 4.17. The molecule has 0 aliphatic heterocycles. The van der Waals surface area contributed by atoms with Gasteiger partial charge in [-0.2, -0.15) is 0 Å². The van der Waals surface area contributed by atoms with Gasteiger partial charge in [-0.3, -0.25) is 14.7 Å². The van der Waals surface area contributed by atoms with E-state index in [1.54, 1.807) is 0 Å². The molecule has 4 heteroatoms. The Morgan fingerprint density at radius 3 is 2.53 bits per heavy atom. The Labute approximate surface area is 98.9 Å². The van der Waals surface area contributed by atoms with Gasteiger partial charge < -0.3 is 0 Å². The van der Waals surface area contributed by atoms with Gasteiger partial charge in [0.05, 0.1) is 5.69 Å². The molecule has 0 saturated heterocycles. The van der Waals surface area contributed by atoms with Crippen molar-refractivity contribution in [1.82, 2.24) is 9.78 Å². The van der Waals surface area contributed by atoms with Crippen LogP contribution in [-0.2, 0) is 11.2 Å². The maximum absolute atomic E-state index is 11.7. The summed E-state index contributed by atoms with van der Waals surface area (Å²) in [6.45, 7) is 3.49. The number of hydrogen-bond donors (Lipinski definition) is 1. The molecule has 0 aliphatic rings. The first-order valence-corrected chi connectivity index (χ1v) is 5.43. The largest absolute Gasteiger partial charge is 0.300 e. The molecule has 0 amide bonds. The van der Waals surface area contributed by atoms with E-state index in [-0.39, 0.29) is 17.8 Å². The monoisotopic (exact) mass is 230 g/mol. The smallest absolute Gasteiger partial charge is 0.271 e. The van der Waals surface area contributed by atoms with Crippen LogP contribution in [0.3, 0.4) is 0 Å². The number of nitrogens with one attached hydrogen (secondary N) is 1. The van der Waals surface area contributed by atoms with Gasteiger partial charge in [0, 0.05) is 18.2 Å². The molecule has 0 spiro atoms. The van der Waals surface area contributed by atoms with Crippen LogP contribution < -0.4 is 5.56 Å². The third-order valence-electron chi connectivity index (χ3n) is 2.51. The molecule has 1 N–H and O–H groups in total. The predicted molar refractivity (Wildman–Crippen MR) is 65.5 cm³/mol. The Bertz CT molecular complexity index is 591. The lowest BCUT2D eigenvalue weighted by molar-refractivity contribution is -0.116. The van der Waals surface area contributed by atoms with Gasteiger partial charge in [-0.15, -0.1) is 0 Å². The average molecular weight is 230 g/mol. The van der Waals surface area contributed by atoms with E-state index >= 15 is 0 Å². The minimum atomic E-state index is -0.148. The number of aromatic amines is 1. The fourth-order valence-electron chi connectivity index (χ4n) is 1.69. The van der Waals surface area contributed by atoms with Crippen LogP contribution in [0.1, 0.15) is 18.2 Å². The Balaban J connectivity index is 2.39. The van der Waals surface area contributed by atoms with Crippen molar-refractivity contribution >= 4 is 5.78 Å². The number of rotatable bonds is 3. The molecule has 0 unspecified atom stereocenters. The molecule has 0 radical (unpaired) electrons. The van der Waals surface area contributed by atoms with E-state index < -0.39 is 0 Å². The van der Waals surface area contributed by atoms with E-state index in [4.69, 9.17) is 0 Å². The van der Waals surface area contributed by atoms with Crippen LogP contribution in [0, 0.1) is 6.92 Å². The zero-order chi connectivity index (χ0) is 12.4. The first-order valence-electron chi connectivity index (χ1n) is 5.43. The lowest BCUT2D eigenvalue weighted by atomic mass is 10.2. The van der Waals surface area contributed by atoms with Crippen LogP contribution in [0.4, 0.5) is 0 Å². The third kappa shape index (κ3) is 2.53. The highest BCUT2D eigenvalue weighted by Gasteiger charge is 2.06. The van der Waals surface area contributed by atoms with Crippen molar-refractivity contribution in [3.63, 3.8) is 0 Å². The Kier molecular flexibility index (Phi) is 2.95. The second-order valence-corrected chi connectivity index (χ2v) is 4.17. The molecule has 1 aromatic carbocycles. The molecule has 0 fully saturated rings. The number of benzene rings is 1. The fourth-order valence-corrected chi connectivity index (χ4v) is 1.69. The van der Waals surface area contributed by atoms with Crippen LogP contribution >= 0.6 is 0 Å². The molecule has 2 rings (SSSR count). The number of aromatic nitrogens is 2. The summed E-state index contributed by atoms with van der Waals surface area (Å²) in [6.07, 6.45) is 0.258. The predicted octanol–water partition coefficient (Wildman–Crippen LogP) is 1.61. The molecule has 1 heterocycles. The van der Waals surface area contributed by atoms with E-state index in [1.807, 2.05) is 31.2 Å². The Hall–Kier alpha value is -2.10. The van der Waals surface area contributed by atoms with Crippen molar-refractivity contribution in [2.24, 2.45) is 0 Å². The molecule has 0 saturated carbocycles. The van der Waals surface area contributed by atoms with E-state index in [0.717, 1.165) is 11.3 Å². The maximum atomic E-state index is 11.7. The van der Waals surface area contributed by atoms with Crippen molar-refractivity contribution in [2.75, 3.05) is 0 Å². The van der Waals surface area contributed by atoms with Crippen LogP contribution in [0.15, 0.2) is 35.1 Å². The van der Waals surface area contributed by atoms with Crippen molar-refractivity contribution in [2.45, 2.75) is 20.3 Å². The van der Waals surface area contributed by atoms with Gasteiger partial charge in [0.1, 0.15) is 5.78 Å². The summed E-state index contributed by atoms with van der Waals surface area (Å²) in [6, 6.07) is 9.07. The normalized spacial score (nSPS) is 10.5. The topological polar surface area (TPSA) is 54.9 Å². The number of Topliss-reactive ketones (excluding diaryl/α,β-unsaturated/α-hetero) is 1. The zero-order valence-corrected chi connectivity index (χ0v) is 9.86. The van der Waals surface area contributed by atoms with Gasteiger partial charge in [-0.1, -0.05) is 17.7 Å². The molecule has 1 aromatic heterocycles. The fraction of sp³-hybridized carbons (Fsp3) is 0.231. The van der Waals surface area contributed by atoms with Crippen molar-refractivity contribution in [1.29, 1.82) is 0 Å². The summed E-state index contributed by atoms with van der Waals surface area (Å²) in [5, 5.41) is 2.93. The third-order valence-corrected chi connectivity index (χ3v) is 2.51. The molecule has 17 heavy (non-hydrogen) atoms. The Morgan fingerprint density at radius 2 is 1.94 bits per heavy atom. The van der Waals surface area contributed by atoms with Crippen molar-refractivity contribution in [3.05, 3.63) is 51.9 Å². The summed E-state index contributed by atoms with van der Waals surface area (Å²) in [5.74, 6) is 0.0299. The summed E-state index contributed by atoms with van der Waals surface area (Å²) in [7, 11) is 0. The summed E-state index contributed by atoms with van der Waals surface area (Å²) in [4.78, 5) is 22.7. The van der Waals surface area contributed by atoms with E-state index in [0.29, 0.717) is 5.69 Å². The molecular weight excluding hydrogens is 216 g/mol. The molecule has 0 bridgehead atoms. The molecule has 0 aliphatic carbocycles. The van der Waals surface area contributed by atoms with E-state index in [1.165, 1.54) is 17.7 Å². The highest BCUT2D eigenvalue weighted by atomic mass is 16.1. The lowest BCUT2D eigenvalue weighted by Gasteiger charge is -2.02. The Morgan fingerprint density at radius 1 is 1.29 bits per heavy atom.